The van der Waals surface area contributed by atoms with Crippen LogP contribution in [0.25, 0.3) is 0 Å². The summed E-state index contributed by atoms with van der Waals surface area (Å²) in [7, 11) is 0. The van der Waals surface area contributed by atoms with E-state index >= 15 is 0 Å². The minimum absolute atomic E-state index is 0.0791. The summed E-state index contributed by atoms with van der Waals surface area (Å²) in [5.41, 5.74) is 5.58. The average Bonchev–Trinajstić information content (AvgIpc) is 2.84. The summed E-state index contributed by atoms with van der Waals surface area (Å²) in [5, 5.41) is 0. The summed E-state index contributed by atoms with van der Waals surface area (Å²) in [6.07, 6.45) is 3.39. The van der Waals surface area contributed by atoms with E-state index in [2.05, 4.69) is 13.8 Å². The van der Waals surface area contributed by atoms with Crippen molar-refractivity contribution in [1.29, 1.82) is 0 Å². The molecular weight excluding hydrogens is 230 g/mol. The van der Waals surface area contributed by atoms with Crippen molar-refractivity contribution in [2.24, 2.45) is 23.5 Å². The maximum atomic E-state index is 11.6. The van der Waals surface area contributed by atoms with Crippen LogP contribution in [0.5, 0.6) is 0 Å². The van der Waals surface area contributed by atoms with Crippen LogP contribution in [0.3, 0.4) is 0 Å². The number of hydrogen-bond acceptors (Lipinski definition) is 4. The molecule has 0 aromatic carbocycles. The zero-order chi connectivity index (χ0) is 13.4. The number of hydrogen-bond donors (Lipinski definition) is 1. The molecule has 4 heteroatoms. The predicted molar refractivity (Wildman–Crippen MR) is 71.1 cm³/mol. The third kappa shape index (κ3) is 5.83. The van der Waals surface area contributed by atoms with E-state index in [0.29, 0.717) is 37.3 Å². The van der Waals surface area contributed by atoms with Gasteiger partial charge in [0.25, 0.3) is 0 Å². The average molecular weight is 257 g/mol. The lowest BCUT2D eigenvalue weighted by molar-refractivity contribution is -0.145. The first-order valence-electron chi connectivity index (χ1n) is 7.07. The van der Waals surface area contributed by atoms with Crippen LogP contribution in [0.2, 0.25) is 0 Å². The minimum Gasteiger partial charge on any atom is -0.465 e. The molecule has 1 aliphatic heterocycles. The lowest BCUT2D eigenvalue weighted by Crippen LogP contribution is -2.18. The molecule has 0 amide bonds. The standard InChI is InChI=1S/C14H27NO3/c1-11(2)13(5-7-15)3-4-14(16)18-10-12-6-8-17-9-12/h11-13H,3-10,15H2,1-2H3. The molecule has 1 aliphatic rings. The fraction of sp³-hybridized carbons (Fsp3) is 0.929. The Balaban J connectivity index is 2.14. The molecular formula is C14H27NO3. The van der Waals surface area contributed by atoms with E-state index < -0.39 is 0 Å². The normalized spacial score (nSPS) is 21.2. The molecule has 18 heavy (non-hydrogen) atoms. The monoisotopic (exact) mass is 257 g/mol. The van der Waals surface area contributed by atoms with Crippen molar-refractivity contribution < 1.29 is 14.3 Å². The maximum absolute atomic E-state index is 11.6. The Bertz CT molecular complexity index is 237. The number of carbonyl (C=O) groups is 1. The highest BCUT2D eigenvalue weighted by Crippen LogP contribution is 2.21. The molecule has 0 aromatic rings. The molecule has 2 unspecified atom stereocenters. The third-order valence-corrected chi connectivity index (χ3v) is 3.70. The summed E-state index contributed by atoms with van der Waals surface area (Å²) in [4.78, 5) is 11.6. The highest BCUT2D eigenvalue weighted by Gasteiger charge is 2.19. The number of ether oxygens (including phenoxy) is 2. The SMILES string of the molecule is CC(C)C(CCN)CCC(=O)OCC1CCOC1. The van der Waals surface area contributed by atoms with Crippen LogP contribution in [0.15, 0.2) is 0 Å². The van der Waals surface area contributed by atoms with Crippen molar-refractivity contribution in [2.75, 3.05) is 26.4 Å². The lowest BCUT2D eigenvalue weighted by atomic mass is 9.88. The summed E-state index contributed by atoms with van der Waals surface area (Å²) < 4.78 is 10.5. The first-order valence-corrected chi connectivity index (χ1v) is 7.07. The van der Waals surface area contributed by atoms with Crippen LogP contribution in [0.1, 0.15) is 39.5 Å². The lowest BCUT2D eigenvalue weighted by Gasteiger charge is -2.19. The molecule has 0 spiro atoms. The van der Waals surface area contributed by atoms with Gasteiger partial charge >= 0.3 is 5.97 Å². The van der Waals surface area contributed by atoms with E-state index in [1.165, 1.54) is 0 Å². The van der Waals surface area contributed by atoms with E-state index in [9.17, 15) is 4.79 Å². The molecule has 1 heterocycles. The van der Waals surface area contributed by atoms with Crippen LogP contribution >= 0.6 is 0 Å². The molecule has 2 atom stereocenters. The summed E-state index contributed by atoms with van der Waals surface area (Å²) in [5.74, 6) is 1.42. The molecule has 0 bridgehead atoms. The summed E-state index contributed by atoms with van der Waals surface area (Å²) in [6, 6.07) is 0. The summed E-state index contributed by atoms with van der Waals surface area (Å²) in [6.45, 7) is 7.10. The van der Waals surface area contributed by atoms with Crippen molar-refractivity contribution in [1.82, 2.24) is 0 Å². The first-order chi connectivity index (χ1) is 8.63. The minimum atomic E-state index is -0.0791. The molecule has 106 valence electrons. The van der Waals surface area contributed by atoms with E-state index in [0.717, 1.165) is 32.5 Å². The maximum Gasteiger partial charge on any atom is 0.305 e. The Morgan fingerprint density at radius 2 is 2.22 bits per heavy atom. The van der Waals surface area contributed by atoms with E-state index in [-0.39, 0.29) is 5.97 Å². The Kier molecular flexibility index (Phi) is 7.28. The fourth-order valence-corrected chi connectivity index (χ4v) is 2.33. The van der Waals surface area contributed by atoms with Gasteiger partial charge in [0.05, 0.1) is 13.2 Å². The van der Waals surface area contributed by atoms with Gasteiger partial charge in [0.2, 0.25) is 0 Å². The first kappa shape index (κ1) is 15.4. The Hall–Kier alpha value is -0.610. The molecule has 0 saturated carbocycles. The van der Waals surface area contributed by atoms with Gasteiger partial charge in [-0.3, -0.25) is 4.79 Å². The van der Waals surface area contributed by atoms with E-state index in [1.807, 2.05) is 0 Å². The van der Waals surface area contributed by atoms with Gasteiger partial charge in [0, 0.05) is 18.9 Å². The topological polar surface area (TPSA) is 61.6 Å². The number of esters is 1. The van der Waals surface area contributed by atoms with Gasteiger partial charge in [0.1, 0.15) is 0 Å². The quantitative estimate of drug-likeness (QED) is 0.675. The molecule has 0 radical (unpaired) electrons. The van der Waals surface area contributed by atoms with Crippen molar-refractivity contribution in [2.45, 2.75) is 39.5 Å². The second-order valence-electron chi connectivity index (χ2n) is 5.53. The van der Waals surface area contributed by atoms with Crippen LogP contribution in [-0.2, 0) is 14.3 Å². The predicted octanol–water partition coefficient (Wildman–Crippen LogP) is 1.97. The van der Waals surface area contributed by atoms with E-state index in [4.69, 9.17) is 15.2 Å². The second kappa shape index (κ2) is 8.48. The summed E-state index contributed by atoms with van der Waals surface area (Å²) >= 11 is 0. The Morgan fingerprint density at radius 3 is 2.78 bits per heavy atom. The molecule has 2 N–H and O–H groups in total. The van der Waals surface area contributed by atoms with Gasteiger partial charge in [0.15, 0.2) is 0 Å². The Labute approximate surface area is 110 Å². The zero-order valence-corrected chi connectivity index (χ0v) is 11.7. The third-order valence-electron chi connectivity index (χ3n) is 3.70. The van der Waals surface area contributed by atoms with Crippen molar-refractivity contribution >= 4 is 5.97 Å². The zero-order valence-electron chi connectivity index (χ0n) is 11.7. The van der Waals surface area contributed by atoms with Gasteiger partial charge in [-0.2, -0.15) is 0 Å². The fourth-order valence-electron chi connectivity index (χ4n) is 2.33. The van der Waals surface area contributed by atoms with Crippen molar-refractivity contribution in [3.63, 3.8) is 0 Å². The Morgan fingerprint density at radius 1 is 1.44 bits per heavy atom. The number of nitrogens with two attached hydrogens (primary N) is 1. The molecule has 4 nitrogen and oxygen atoms in total. The second-order valence-corrected chi connectivity index (χ2v) is 5.53. The van der Waals surface area contributed by atoms with Crippen molar-refractivity contribution in [3.8, 4) is 0 Å². The number of carbonyl (C=O) groups excluding carboxylic acids is 1. The van der Waals surface area contributed by atoms with Gasteiger partial charge in [-0.1, -0.05) is 13.8 Å². The largest absolute Gasteiger partial charge is 0.465 e. The van der Waals surface area contributed by atoms with Gasteiger partial charge in [-0.15, -0.1) is 0 Å². The van der Waals surface area contributed by atoms with Crippen molar-refractivity contribution in [3.05, 3.63) is 0 Å². The smallest absolute Gasteiger partial charge is 0.305 e. The molecule has 0 aromatic heterocycles. The highest BCUT2D eigenvalue weighted by atomic mass is 16.5. The van der Waals surface area contributed by atoms with Crippen LogP contribution in [0.4, 0.5) is 0 Å². The molecule has 1 saturated heterocycles. The molecule has 1 rings (SSSR count). The number of rotatable bonds is 8. The highest BCUT2D eigenvalue weighted by molar-refractivity contribution is 5.69. The van der Waals surface area contributed by atoms with Crippen LogP contribution < -0.4 is 5.73 Å². The molecule has 1 fully saturated rings. The van der Waals surface area contributed by atoms with Crippen LogP contribution in [0, 0.1) is 17.8 Å². The van der Waals surface area contributed by atoms with Gasteiger partial charge in [-0.05, 0) is 37.6 Å². The molecule has 0 aliphatic carbocycles. The van der Waals surface area contributed by atoms with E-state index in [1.54, 1.807) is 0 Å². The van der Waals surface area contributed by atoms with Gasteiger partial charge < -0.3 is 15.2 Å². The van der Waals surface area contributed by atoms with Crippen LogP contribution in [-0.4, -0.2) is 32.3 Å². The van der Waals surface area contributed by atoms with Gasteiger partial charge in [-0.25, -0.2) is 0 Å².